The van der Waals surface area contributed by atoms with Crippen molar-refractivity contribution in [2.45, 2.75) is 6.92 Å². The summed E-state index contributed by atoms with van der Waals surface area (Å²) in [5.41, 5.74) is 4.71. The molecule has 2 heterocycles. The minimum atomic E-state index is -0.278. The number of benzene rings is 3. The van der Waals surface area contributed by atoms with Gasteiger partial charge in [0.15, 0.2) is 11.6 Å². The molecule has 0 fully saturated rings. The minimum Gasteiger partial charge on any atom is -0.497 e. The Hall–Kier alpha value is -5.18. The SMILES string of the molecule is COc1cc(Nc2nc3ccccc3nc2Nc2cccc(NC(=O)c3ncccc3C)c2)cc(OC)c1. The van der Waals surface area contributed by atoms with Crippen LogP contribution in [0.2, 0.25) is 0 Å². The zero-order valence-electron chi connectivity index (χ0n) is 21.1. The second kappa shape index (κ2) is 10.8. The van der Waals surface area contributed by atoms with E-state index >= 15 is 0 Å². The highest BCUT2D eigenvalue weighted by molar-refractivity contribution is 6.04. The number of carbonyl (C=O) groups excluding carboxylic acids is 1. The van der Waals surface area contributed by atoms with Crippen LogP contribution in [0, 0.1) is 6.92 Å². The summed E-state index contributed by atoms with van der Waals surface area (Å²) in [6.45, 7) is 1.85. The Labute approximate surface area is 219 Å². The molecular formula is C29H26N6O3. The molecule has 0 aliphatic carbocycles. The lowest BCUT2D eigenvalue weighted by Crippen LogP contribution is -2.15. The molecule has 0 bridgehead atoms. The van der Waals surface area contributed by atoms with Gasteiger partial charge in [0.25, 0.3) is 5.91 Å². The van der Waals surface area contributed by atoms with E-state index in [2.05, 4.69) is 20.9 Å². The number of aromatic nitrogens is 3. The number of methoxy groups -OCH3 is 2. The maximum atomic E-state index is 12.8. The van der Waals surface area contributed by atoms with Gasteiger partial charge in [-0.1, -0.05) is 24.3 Å². The third-order valence-corrected chi connectivity index (χ3v) is 5.79. The molecule has 0 aliphatic heterocycles. The van der Waals surface area contributed by atoms with Crippen molar-refractivity contribution in [3.8, 4) is 11.5 Å². The van der Waals surface area contributed by atoms with E-state index in [-0.39, 0.29) is 5.91 Å². The van der Waals surface area contributed by atoms with Gasteiger partial charge in [0.1, 0.15) is 17.2 Å². The number of para-hydroxylation sites is 2. The first-order chi connectivity index (χ1) is 18.5. The third-order valence-electron chi connectivity index (χ3n) is 5.79. The molecule has 0 spiro atoms. The van der Waals surface area contributed by atoms with Crippen molar-refractivity contribution < 1.29 is 14.3 Å². The van der Waals surface area contributed by atoms with Crippen LogP contribution in [0.3, 0.4) is 0 Å². The average molecular weight is 507 g/mol. The maximum absolute atomic E-state index is 12.8. The molecule has 2 aromatic heterocycles. The molecule has 1 amide bonds. The van der Waals surface area contributed by atoms with E-state index in [1.54, 1.807) is 32.5 Å². The standard InChI is InChI=1S/C29H26N6O3/c1-18-8-7-13-30-26(18)29(36)33-20-10-6-9-19(14-20)31-27-28(35-25-12-5-4-11-24(25)34-27)32-21-15-22(37-2)17-23(16-21)38-3/h4-17H,1-3H3,(H,31,34)(H,32,35)(H,33,36). The molecule has 0 radical (unpaired) electrons. The smallest absolute Gasteiger partial charge is 0.274 e. The molecule has 9 heteroatoms. The van der Waals surface area contributed by atoms with E-state index in [0.717, 1.165) is 28.0 Å². The van der Waals surface area contributed by atoms with Gasteiger partial charge in [-0.2, -0.15) is 0 Å². The van der Waals surface area contributed by atoms with Crippen LogP contribution in [0.25, 0.3) is 11.0 Å². The van der Waals surface area contributed by atoms with Gasteiger partial charge in [-0.25, -0.2) is 9.97 Å². The highest BCUT2D eigenvalue weighted by Crippen LogP contribution is 2.32. The summed E-state index contributed by atoms with van der Waals surface area (Å²) in [6, 6.07) is 24.1. The molecular weight excluding hydrogens is 480 g/mol. The van der Waals surface area contributed by atoms with Gasteiger partial charge in [-0.15, -0.1) is 0 Å². The van der Waals surface area contributed by atoms with Crippen LogP contribution in [0.15, 0.2) is 85.1 Å². The summed E-state index contributed by atoms with van der Waals surface area (Å²) < 4.78 is 10.8. The Balaban J connectivity index is 1.46. The van der Waals surface area contributed by atoms with E-state index in [4.69, 9.17) is 19.4 Å². The summed E-state index contributed by atoms with van der Waals surface area (Å²) in [5, 5.41) is 9.59. The largest absolute Gasteiger partial charge is 0.497 e. The number of pyridine rings is 1. The molecule has 190 valence electrons. The number of hydrogen-bond acceptors (Lipinski definition) is 8. The first kappa shape index (κ1) is 24.5. The Morgan fingerprint density at radius 1 is 0.711 bits per heavy atom. The lowest BCUT2D eigenvalue weighted by Gasteiger charge is -2.15. The quantitative estimate of drug-likeness (QED) is 0.232. The predicted molar refractivity (Wildman–Crippen MR) is 149 cm³/mol. The Kier molecular flexibility index (Phi) is 6.99. The summed E-state index contributed by atoms with van der Waals surface area (Å²) in [7, 11) is 3.20. The zero-order valence-corrected chi connectivity index (χ0v) is 21.1. The number of fused-ring (bicyclic) bond motifs is 1. The van der Waals surface area contributed by atoms with Crippen molar-refractivity contribution in [2.75, 3.05) is 30.2 Å². The van der Waals surface area contributed by atoms with Crippen molar-refractivity contribution in [1.29, 1.82) is 0 Å². The van der Waals surface area contributed by atoms with Crippen LogP contribution in [0.4, 0.5) is 28.7 Å². The molecule has 0 atom stereocenters. The minimum absolute atomic E-state index is 0.278. The van der Waals surface area contributed by atoms with E-state index in [1.807, 2.05) is 73.7 Å². The van der Waals surface area contributed by atoms with Crippen molar-refractivity contribution in [1.82, 2.24) is 15.0 Å². The normalized spacial score (nSPS) is 10.6. The summed E-state index contributed by atoms with van der Waals surface area (Å²) in [6.07, 6.45) is 1.60. The van der Waals surface area contributed by atoms with E-state index in [9.17, 15) is 4.79 Å². The van der Waals surface area contributed by atoms with Gasteiger partial charge < -0.3 is 25.4 Å². The lowest BCUT2D eigenvalue weighted by atomic mass is 10.2. The van der Waals surface area contributed by atoms with Crippen molar-refractivity contribution in [3.63, 3.8) is 0 Å². The van der Waals surface area contributed by atoms with Gasteiger partial charge in [0.2, 0.25) is 0 Å². The number of anilines is 5. The number of carbonyl (C=O) groups is 1. The number of rotatable bonds is 8. The van der Waals surface area contributed by atoms with Crippen LogP contribution in [0.5, 0.6) is 11.5 Å². The first-order valence-electron chi connectivity index (χ1n) is 11.9. The highest BCUT2D eigenvalue weighted by atomic mass is 16.5. The average Bonchev–Trinajstić information content (AvgIpc) is 2.93. The first-order valence-corrected chi connectivity index (χ1v) is 11.9. The van der Waals surface area contributed by atoms with Gasteiger partial charge in [0, 0.05) is 41.5 Å². The van der Waals surface area contributed by atoms with E-state index in [1.165, 1.54) is 0 Å². The fourth-order valence-corrected chi connectivity index (χ4v) is 3.92. The topological polar surface area (TPSA) is 110 Å². The molecule has 5 rings (SSSR count). The second-order valence-corrected chi connectivity index (χ2v) is 8.46. The predicted octanol–water partition coefficient (Wildman–Crippen LogP) is 6.09. The molecule has 0 aliphatic rings. The van der Waals surface area contributed by atoms with Crippen LogP contribution in [-0.4, -0.2) is 35.1 Å². The number of nitrogens with zero attached hydrogens (tertiary/aromatic N) is 3. The molecule has 0 saturated carbocycles. The van der Waals surface area contributed by atoms with Crippen LogP contribution < -0.4 is 25.4 Å². The second-order valence-electron chi connectivity index (χ2n) is 8.46. The molecule has 3 aromatic carbocycles. The fraction of sp³-hybridized carbons (Fsp3) is 0.103. The highest BCUT2D eigenvalue weighted by Gasteiger charge is 2.13. The molecule has 0 saturated heterocycles. The Bertz CT molecular complexity index is 1600. The lowest BCUT2D eigenvalue weighted by molar-refractivity contribution is 0.102. The van der Waals surface area contributed by atoms with Gasteiger partial charge >= 0.3 is 0 Å². The molecule has 3 N–H and O–H groups in total. The van der Waals surface area contributed by atoms with Gasteiger partial charge in [-0.3, -0.25) is 9.78 Å². The fourth-order valence-electron chi connectivity index (χ4n) is 3.92. The van der Waals surface area contributed by atoms with E-state index in [0.29, 0.717) is 34.5 Å². The van der Waals surface area contributed by atoms with Crippen LogP contribution in [0.1, 0.15) is 16.1 Å². The van der Waals surface area contributed by atoms with Gasteiger partial charge in [0.05, 0.1) is 25.3 Å². The van der Waals surface area contributed by atoms with Crippen LogP contribution in [-0.2, 0) is 0 Å². The maximum Gasteiger partial charge on any atom is 0.274 e. The van der Waals surface area contributed by atoms with Gasteiger partial charge in [-0.05, 0) is 48.9 Å². The number of hydrogen-bond donors (Lipinski definition) is 3. The molecule has 5 aromatic rings. The molecule has 38 heavy (non-hydrogen) atoms. The van der Waals surface area contributed by atoms with Crippen molar-refractivity contribution >= 4 is 45.6 Å². The van der Waals surface area contributed by atoms with E-state index < -0.39 is 0 Å². The monoisotopic (exact) mass is 506 g/mol. The summed E-state index contributed by atoms with van der Waals surface area (Å²) in [4.78, 5) is 26.6. The molecule has 0 unspecified atom stereocenters. The number of aryl methyl sites for hydroxylation is 1. The Morgan fingerprint density at radius 2 is 1.34 bits per heavy atom. The summed E-state index contributed by atoms with van der Waals surface area (Å²) >= 11 is 0. The van der Waals surface area contributed by atoms with Crippen molar-refractivity contribution in [2.24, 2.45) is 0 Å². The number of ether oxygens (including phenoxy) is 2. The number of nitrogens with one attached hydrogen (secondary N) is 3. The third kappa shape index (κ3) is 5.46. The molecule has 9 nitrogen and oxygen atoms in total. The Morgan fingerprint density at radius 3 is 1.97 bits per heavy atom. The number of amides is 1. The van der Waals surface area contributed by atoms with Crippen LogP contribution >= 0.6 is 0 Å². The zero-order chi connectivity index (χ0) is 26.5. The summed E-state index contributed by atoms with van der Waals surface area (Å²) in [5.74, 6) is 2.02. The van der Waals surface area contributed by atoms with Crippen molar-refractivity contribution in [3.05, 3.63) is 96.3 Å².